The first-order valence-electron chi connectivity index (χ1n) is 5.60. The maximum Gasteiger partial charge on any atom is 0.123 e. The molecule has 2 heteroatoms. The number of hydrogen-bond donors (Lipinski definition) is 2. The van der Waals surface area contributed by atoms with Gasteiger partial charge in [-0.3, -0.25) is 0 Å². The van der Waals surface area contributed by atoms with Crippen LogP contribution in [0.3, 0.4) is 0 Å². The third kappa shape index (κ3) is 1.98. The molecule has 0 aliphatic heterocycles. The van der Waals surface area contributed by atoms with Crippen molar-refractivity contribution < 1.29 is 10.2 Å². The first kappa shape index (κ1) is 11.5. The minimum Gasteiger partial charge on any atom is -0.508 e. The van der Waals surface area contributed by atoms with Crippen LogP contribution in [-0.2, 0) is 0 Å². The fourth-order valence-electron chi connectivity index (χ4n) is 2.12. The van der Waals surface area contributed by atoms with Gasteiger partial charge < -0.3 is 10.2 Å². The molecule has 0 aromatic heterocycles. The molecule has 2 nitrogen and oxygen atoms in total. The van der Waals surface area contributed by atoms with Crippen molar-refractivity contribution in [3.05, 3.63) is 47.0 Å². The minimum atomic E-state index is 0.201. The third-order valence-corrected chi connectivity index (χ3v) is 3.07. The van der Waals surface area contributed by atoms with E-state index < -0.39 is 0 Å². The Kier molecular flexibility index (Phi) is 2.80. The zero-order chi connectivity index (χ0) is 12.6. The number of phenols is 2. The highest BCUT2D eigenvalue weighted by molar-refractivity contribution is 5.78. The Hall–Kier alpha value is -1.96. The molecule has 2 aromatic rings. The molecular weight excluding hydrogens is 212 g/mol. The van der Waals surface area contributed by atoms with Crippen LogP contribution >= 0.6 is 0 Å². The number of aryl methyl sites for hydroxylation is 2. The summed E-state index contributed by atoms with van der Waals surface area (Å²) in [6.07, 6.45) is 0. The summed E-state index contributed by atoms with van der Waals surface area (Å²) in [4.78, 5) is 0. The smallest absolute Gasteiger partial charge is 0.123 e. The molecular formula is C15H16O2. The van der Waals surface area contributed by atoms with Crippen LogP contribution in [0.15, 0.2) is 30.3 Å². The highest BCUT2D eigenvalue weighted by Gasteiger charge is 2.12. The molecule has 0 spiro atoms. The Morgan fingerprint density at radius 3 is 2.12 bits per heavy atom. The van der Waals surface area contributed by atoms with Crippen LogP contribution in [-0.4, -0.2) is 10.2 Å². The van der Waals surface area contributed by atoms with Crippen molar-refractivity contribution >= 4 is 0 Å². The van der Waals surface area contributed by atoms with E-state index in [4.69, 9.17) is 0 Å². The zero-order valence-corrected chi connectivity index (χ0v) is 10.3. The molecule has 0 saturated heterocycles. The van der Waals surface area contributed by atoms with Crippen LogP contribution in [0.2, 0.25) is 0 Å². The van der Waals surface area contributed by atoms with Gasteiger partial charge in [-0.2, -0.15) is 0 Å². The fourth-order valence-corrected chi connectivity index (χ4v) is 2.12. The van der Waals surface area contributed by atoms with Gasteiger partial charge in [0.1, 0.15) is 11.5 Å². The topological polar surface area (TPSA) is 40.5 Å². The van der Waals surface area contributed by atoms with E-state index in [0.717, 1.165) is 11.1 Å². The molecule has 0 aliphatic carbocycles. The van der Waals surface area contributed by atoms with E-state index in [0.29, 0.717) is 11.1 Å². The van der Waals surface area contributed by atoms with Crippen molar-refractivity contribution in [2.75, 3.05) is 0 Å². The average molecular weight is 228 g/mol. The molecule has 0 amide bonds. The summed E-state index contributed by atoms with van der Waals surface area (Å²) < 4.78 is 0. The summed E-state index contributed by atoms with van der Waals surface area (Å²) in [6.45, 7) is 5.85. The number of hydrogen-bond acceptors (Lipinski definition) is 2. The summed E-state index contributed by atoms with van der Waals surface area (Å²) in [7, 11) is 0. The molecule has 17 heavy (non-hydrogen) atoms. The Bertz CT molecular complexity index is 571. The van der Waals surface area contributed by atoms with E-state index in [1.165, 1.54) is 17.7 Å². The van der Waals surface area contributed by atoms with Crippen molar-refractivity contribution in [3.63, 3.8) is 0 Å². The molecule has 0 unspecified atom stereocenters. The van der Waals surface area contributed by atoms with Crippen LogP contribution in [0.1, 0.15) is 16.7 Å². The van der Waals surface area contributed by atoms with Gasteiger partial charge in [-0.1, -0.05) is 23.8 Å². The zero-order valence-electron chi connectivity index (χ0n) is 10.3. The van der Waals surface area contributed by atoms with E-state index in [1.807, 2.05) is 32.9 Å². The van der Waals surface area contributed by atoms with Crippen molar-refractivity contribution in [2.45, 2.75) is 20.8 Å². The summed E-state index contributed by atoms with van der Waals surface area (Å²) in [5.74, 6) is 0.407. The Labute approximate surface area is 101 Å². The van der Waals surface area contributed by atoms with E-state index in [2.05, 4.69) is 6.07 Å². The van der Waals surface area contributed by atoms with Crippen molar-refractivity contribution in [1.29, 1.82) is 0 Å². The Balaban J connectivity index is 2.72. The first-order valence-corrected chi connectivity index (χ1v) is 5.60. The van der Waals surface area contributed by atoms with Crippen LogP contribution < -0.4 is 0 Å². The number of benzene rings is 2. The number of aromatic hydroxyl groups is 2. The predicted octanol–water partition coefficient (Wildman–Crippen LogP) is 3.69. The lowest BCUT2D eigenvalue weighted by atomic mass is 9.94. The van der Waals surface area contributed by atoms with Gasteiger partial charge in [0.25, 0.3) is 0 Å². The molecule has 0 aliphatic rings. The van der Waals surface area contributed by atoms with Crippen molar-refractivity contribution in [1.82, 2.24) is 0 Å². The van der Waals surface area contributed by atoms with Crippen LogP contribution in [0.5, 0.6) is 11.5 Å². The van der Waals surface area contributed by atoms with E-state index >= 15 is 0 Å². The summed E-state index contributed by atoms with van der Waals surface area (Å²) in [6, 6.07) is 9.09. The van der Waals surface area contributed by atoms with E-state index in [-0.39, 0.29) is 11.5 Å². The van der Waals surface area contributed by atoms with Gasteiger partial charge in [-0.05, 0) is 44.0 Å². The Morgan fingerprint density at radius 1 is 0.824 bits per heavy atom. The lowest BCUT2D eigenvalue weighted by Gasteiger charge is -2.13. The van der Waals surface area contributed by atoms with Crippen molar-refractivity contribution in [3.8, 4) is 22.6 Å². The molecule has 2 rings (SSSR count). The molecule has 0 atom stereocenters. The lowest BCUT2D eigenvalue weighted by Crippen LogP contribution is -1.89. The third-order valence-electron chi connectivity index (χ3n) is 3.07. The SMILES string of the molecule is Cc1ccc(-c2c(O)ccc(O)c2C)c(C)c1. The van der Waals surface area contributed by atoms with E-state index in [1.54, 1.807) is 0 Å². The quantitative estimate of drug-likeness (QED) is 0.731. The predicted molar refractivity (Wildman–Crippen MR) is 69.4 cm³/mol. The average Bonchev–Trinajstić information content (AvgIpc) is 2.27. The molecule has 0 saturated carbocycles. The van der Waals surface area contributed by atoms with Gasteiger partial charge in [-0.25, -0.2) is 0 Å². The standard InChI is InChI=1S/C15H16O2/c1-9-4-5-12(10(2)8-9)15-11(3)13(16)6-7-14(15)17/h4-8,16-17H,1-3H3. The molecule has 0 fully saturated rings. The van der Waals surface area contributed by atoms with Gasteiger partial charge in [0.15, 0.2) is 0 Å². The van der Waals surface area contributed by atoms with Gasteiger partial charge in [-0.15, -0.1) is 0 Å². The van der Waals surface area contributed by atoms with Gasteiger partial charge in [0.2, 0.25) is 0 Å². The summed E-state index contributed by atoms with van der Waals surface area (Å²) in [5.41, 5.74) is 4.65. The molecule has 0 heterocycles. The minimum absolute atomic E-state index is 0.201. The highest BCUT2D eigenvalue weighted by Crippen LogP contribution is 2.38. The summed E-state index contributed by atoms with van der Waals surface area (Å²) in [5, 5.41) is 19.7. The lowest BCUT2D eigenvalue weighted by molar-refractivity contribution is 0.458. The molecule has 2 N–H and O–H groups in total. The molecule has 0 radical (unpaired) electrons. The van der Waals surface area contributed by atoms with Crippen molar-refractivity contribution in [2.24, 2.45) is 0 Å². The monoisotopic (exact) mass is 228 g/mol. The van der Waals surface area contributed by atoms with Crippen LogP contribution in [0.4, 0.5) is 0 Å². The maximum atomic E-state index is 9.95. The molecule has 0 bridgehead atoms. The van der Waals surface area contributed by atoms with Gasteiger partial charge >= 0.3 is 0 Å². The molecule has 88 valence electrons. The normalized spacial score (nSPS) is 10.5. The van der Waals surface area contributed by atoms with Crippen LogP contribution in [0, 0.1) is 20.8 Å². The fraction of sp³-hybridized carbons (Fsp3) is 0.200. The molecule has 2 aromatic carbocycles. The maximum absolute atomic E-state index is 9.95. The summed E-state index contributed by atoms with van der Waals surface area (Å²) >= 11 is 0. The van der Waals surface area contributed by atoms with Gasteiger partial charge in [0.05, 0.1) is 0 Å². The number of phenolic OH excluding ortho intramolecular Hbond substituents is 2. The van der Waals surface area contributed by atoms with E-state index in [9.17, 15) is 10.2 Å². The largest absolute Gasteiger partial charge is 0.508 e. The highest BCUT2D eigenvalue weighted by atomic mass is 16.3. The second kappa shape index (κ2) is 4.13. The van der Waals surface area contributed by atoms with Gasteiger partial charge in [0, 0.05) is 11.1 Å². The second-order valence-electron chi connectivity index (χ2n) is 4.42. The first-order chi connectivity index (χ1) is 8.00. The second-order valence-corrected chi connectivity index (χ2v) is 4.42. The van der Waals surface area contributed by atoms with Crippen LogP contribution in [0.25, 0.3) is 11.1 Å². The Morgan fingerprint density at radius 2 is 1.47 bits per heavy atom. The number of rotatable bonds is 1.